The number of sulfonamides is 1. The van der Waals surface area contributed by atoms with Crippen LogP contribution in [-0.4, -0.2) is 50.9 Å². The van der Waals surface area contributed by atoms with E-state index < -0.39 is 31.8 Å². The summed E-state index contributed by atoms with van der Waals surface area (Å²) < 4.78 is 51.2. The summed E-state index contributed by atoms with van der Waals surface area (Å²) in [5, 5.41) is 2.99. The second-order valence-corrected chi connectivity index (χ2v) is 11.9. The van der Waals surface area contributed by atoms with Gasteiger partial charge in [0.25, 0.3) is 0 Å². The average Bonchev–Trinajstić information content (AvgIpc) is 3.34. The predicted molar refractivity (Wildman–Crippen MR) is 115 cm³/mol. The standard InChI is InChI=1S/C19H19N3O5S3/c1-29(24,25)14-9-10-15-17(12-14)28-19(20-15)21-18(23)16-8-5-11-22(16)30(26,27)13-6-3-2-4-7-13/h2-4,6-7,9-10,12,16H,5,8,11H2,1H3,(H,20,21,23). The Kier molecular flexibility index (Phi) is 5.39. The summed E-state index contributed by atoms with van der Waals surface area (Å²) in [5.74, 6) is -0.450. The molecular weight excluding hydrogens is 446 g/mol. The minimum atomic E-state index is -3.78. The molecule has 1 fully saturated rings. The Morgan fingerprint density at radius 3 is 2.53 bits per heavy atom. The van der Waals surface area contributed by atoms with Crippen molar-refractivity contribution in [3.05, 3.63) is 48.5 Å². The number of carbonyl (C=O) groups excluding carboxylic acids is 1. The van der Waals surface area contributed by atoms with Crippen LogP contribution in [0, 0.1) is 0 Å². The zero-order chi connectivity index (χ0) is 21.5. The Hall–Kier alpha value is -2.34. The highest BCUT2D eigenvalue weighted by molar-refractivity contribution is 7.90. The number of carbonyl (C=O) groups is 1. The third-order valence-electron chi connectivity index (χ3n) is 4.87. The predicted octanol–water partition coefficient (Wildman–Crippen LogP) is 2.49. The van der Waals surface area contributed by atoms with Crippen LogP contribution in [0.25, 0.3) is 10.2 Å². The maximum absolute atomic E-state index is 13.0. The van der Waals surface area contributed by atoms with Crippen LogP contribution < -0.4 is 5.32 Å². The Balaban J connectivity index is 1.57. The van der Waals surface area contributed by atoms with Crippen molar-refractivity contribution in [2.45, 2.75) is 28.7 Å². The number of hydrogen-bond acceptors (Lipinski definition) is 7. The zero-order valence-electron chi connectivity index (χ0n) is 16.0. The number of anilines is 1. The van der Waals surface area contributed by atoms with E-state index in [2.05, 4.69) is 10.3 Å². The van der Waals surface area contributed by atoms with E-state index in [0.29, 0.717) is 28.2 Å². The minimum Gasteiger partial charge on any atom is -0.301 e. The van der Waals surface area contributed by atoms with Crippen molar-refractivity contribution >= 4 is 52.5 Å². The van der Waals surface area contributed by atoms with Crippen molar-refractivity contribution in [1.29, 1.82) is 0 Å². The van der Waals surface area contributed by atoms with Crippen LogP contribution in [-0.2, 0) is 24.7 Å². The van der Waals surface area contributed by atoms with E-state index in [1.807, 2.05) is 0 Å². The van der Waals surface area contributed by atoms with Gasteiger partial charge in [0.05, 0.1) is 20.0 Å². The maximum atomic E-state index is 13.0. The van der Waals surface area contributed by atoms with Crippen LogP contribution in [0.4, 0.5) is 5.13 Å². The van der Waals surface area contributed by atoms with E-state index in [-0.39, 0.29) is 16.3 Å². The molecule has 8 nitrogen and oxygen atoms in total. The Labute approximate surface area is 178 Å². The molecule has 0 spiro atoms. The lowest BCUT2D eigenvalue weighted by molar-refractivity contribution is -0.119. The van der Waals surface area contributed by atoms with Gasteiger partial charge >= 0.3 is 0 Å². The Bertz CT molecular complexity index is 1320. The highest BCUT2D eigenvalue weighted by Crippen LogP contribution is 2.30. The third kappa shape index (κ3) is 3.97. The quantitative estimate of drug-likeness (QED) is 0.619. The Morgan fingerprint density at radius 2 is 1.83 bits per heavy atom. The van der Waals surface area contributed by atoms with Gasteiger partial charge in [-0.3, -0.25) is 4.79 Å². The first-order valence-electron chi connectivity index (χ1n) is 9.15. The van der Waals surface area contributed by atoms with Gasteiger partial charge in [-0.05, 0) is 43.2 Å². The lowest BCUT2D eigenvalue weighted by Crippen LogP contribution is -2.43. The molecule has 1 aliphatic heterocycles. The van der Waals surface area contributed by atoms with Gasteiger partial charge in [0.2, 0.25) is 15.9 Å². The molecule has 4 rings (SSSR count). The van der Waals surface area contributed by atoms with Crippen molar-refractivity contribution in [3.8, 4) is 0 Å². The van der Waals surface area contributed by atoms with E-state index in [1.165, 1.54) is 28.6 Å². The number of amides is 1. The summed E-state index contributed by atoms with van der Waals surface area (Å²) in [6.07, 6.45) is 2.13. The molecule has 1 unspecified atom stereocenters. The van der Waals surface area contributed by atoms with Crippen LogP contribution in [0.1, 0.15) is 12.8 Å². The summed E-state index contributed by atoms with van der Waals surface area (Å²) in [6, 6.07) is 11.8. The highest BCUT2D eigenvalue weighted by Gasteiger charge is 2.39. The molecule has 0 saturated carbocycles. The van der Waals surface area contributed by atoms with Crippen molar-refractivity contribution in [3.63, 3.8) is 0 Å². The van der Waals surface area contributed by atoms with Gasteiger partial charge in [-0.2, -0.15) is 4.31 Å². The normalized spacial score (nSPS) is 18.0. The van der Waals surface area contributed by atoms with Crippen molar-refractivity contribution in [1.82, 2.24) is 9.29 Å². The van der Waals surface area contributed by atoms with Crippen LogP contribution in [0.3, 0.4) is 0 Å². The lowest BCUT2D eigenvalue weighted by atomic mass is 10.2. The number of nitrogens with one attached hydrogen (secondary N) is 1. The van der Waals surface area contributed by atoms with E-state index in [1.54, 1.807) is 24.3 Å². The van der Waals surface area contributed by atoms with E-state index >= 15 is 0 Å². The van der Waals surface area contributed by atoms with E-state index in [0.717, 1.165) is 17.6 Å². The molecule has 11 heteroatoms. The van der Waals surface area contributed by atoms with Crippen molar-refractivity contribution in [2.24, 2.45) is 0 Å². The van der Waals surface area contributed by atoms with Gasteiger partial charge in [-0.25, -0.2) is 21.8 Å². The largest absolute Gasteiger partial charge is 0.301 e. The fourth-order valence-electron chi connectivity index (χ4n) is 3.40. The molecule has 1 aliphatic rings. The molecule has 1 aromatic heterocycles. The molecule has 1 amide bonds. The average molecular weight is 466 g/mol. The summed E-state index contributed by atoms with van der Waals surface area (Å²) in [6.45, 7) is 0.271. The molecule has 0 aliphatic carbocycles. The van der Waals surface area contributed by atoms with Gasteiger partial charge < -0.3 is 5.32 Å². The van der Waals surface area contributed by atoms with Crippen LogP contribution in [0.15, 0.2) is 58.3 Å². The van der Waals surface area contributed by atoms with Crippen LogP contribution in [0.5, 0.6) is 0 Å². The molecule has 1 saturated heterocycles. The Morgan fingerprint density at radius 1 is 1.10 bits per heavy atom. The molecule has 2 heterocycles. The topological polar surface area (TPSA) is 114 Å². The molecule has 0 radical (unpaired) electrons. The number of nitrogens with zero attached hydrogens (tertiary/aromatic N) is 2. The summed E-state index contributed by atoms with van der Waals surface area (Å²) >= 11 is 1.14. The third-order valence-corrected chi connectivity index (χ3v) is 8.84. The first-order valence-corrected chi connectivity index (χ1v) is 13.3. The number of sulfone groups is 1. The number of rotatable bonds is 5. The monoisotopic (exact) mass is 465 g/mol. The number of thiazole rings is 1. The molecule has 1 N–H and O–H groups in total. The van der Waals surface area contributed by atoms with Gasteiger partial charge in [0.1, 0.15) is 6.04 Å². The first-order chi connectivity index (χ1) is 14.2. The SMILES string of the molecule is CS(=O)(=O)c1ccc2nc(NC(=O)C3CCCN3S(=O)(=O)c3ccccc3)sc2c1. The molecule has 3 aromatic rings. The summed E-state index contributed by atoms with van der Waals surface area (Å²) in [5.41, 5.74) is 0.558. The molecule has 30 heavy (non-hydrogen) atoms. The van der Waals surface area contributed by atoms with Crippen molar-refractivity contribution < 1.29 is 21.6 Å². The highest BCUT2D eigenvalue weighted by atomic mass is 32.2. The fourth-order valence-corrected chi connectivity index (χ4v) is 6.70. The van der Waals surface area contributed by atoms with Gasteiger partial charge in [0.15, 0.2) is 15.0 Å². The number of hydrogen-bond donors (Lipinski definition) is 1. The zero-order valence-corrected chi connectivity index (χ0v) is 18.4. The molecule has 2 aromatic carbocycles. The van der Waals surface area contributed by atoms with E-state index in [4.69, 9.17) is 0 Å². The number of benzene rings is 2. The van der Waals surface area contributed by atoms with Gasteiger partial charge in [0, 0.05) is 12.8 Å². The molecular formula is C19H19N3O5S3. The molecule has 158 valence electrons. The number of aromatic nitrogens is 1. The van der Waals surface area contributed by atoms with Crippen LogP contribution >= 0.6 is 11.3 Å². The van der Waals surface area contributed by atoms with E-state index in [9.17, 15) is 21.6 Å². The lowest BCUT2D eigenvalue weighted by Gasteiger charge is -2.22. The molecule has 0 bridgehead atoms. The molecule has 1 atom stereocenters. The smallest absolute Gasteiger partial charge is 0.244 e. The number of fused-ring (bicyclic) bond motifs is 1. The summed E-state index contributed by atoms with van der Waals surface area (Å²) in [4.78, 5) is 17.5. The first kappa shape index (κ1) is 20.9. The van der Waals surface area contributed by atoms with Gasteiger partial charge in [-0.1, -0.05) is 29.5 Å². The van der Waals surface area contributed by atoms with Gasteiger partial charge in [-0.15, -0.1) is 0 Å². The second kappa shape index (κ2) is 7.73. The minimum absolute atomic E-state index is 0.151. The fraction of sp³-hybridized carbons (Fsp3) is 0.263. The van der Waals surface area contributed by atoms with Crippen molar-refractivity contribution in [2.75, 3.05) is 18.1 Å². The second-order valence-electron chi connectivity index (χ2n) is 7.00. The maximum Gasteiger partial charge on any atom is 0.244 e. The summed E-state index contributed by atoms with van der Waals surface area (Å²) in [7, 11) is -7.14. The van der Waals surface area contributed by atoms with Crippen LogP contribution in [0.2, 0.25) is 0 Å².